The number of amides is 1. The fourth-order valence-corrected chi connectivity index (χ4v) is 3.38. The van der Waals surface area contributed by atoms with Crippen molar-refractivity contribution in [1.29, 1.82) is 0 Å². The van der Waals surface area contributed by atoms with Gasteiger partial charge in [-0.2, -0.15) is 0 Å². The Labute approximate surface area is 142 Å². The van der Waals surface area contributed by atoms with Crippen molar-refractivity contribution in [2.75, 3.05) is 0 Å². The van der Waals surface area contributed by atoms with Gasteiger partial charge < -0.3 is 10.2 Å². The molecule has 0 saturated carbocycles. The molecule has 2 aromatic carbocycles. The summed E-state index contributed by atoms with van der Waals surface area (Å²) in [5.41, 5.74) is 7.16. The molecule has 3 aromatic rings. The lowest BCUT2D eigenvalue weighted by atomic mass is 10.2. The smallest absolute Gasteiger partial charge is 0.254 e. The van der Waals surface area contributed by atoms with Gasteiger partial charge in [0, 0.05) is 9.86 Å². The number of nitrogens with zero attached hydrogens (tertiary/aromatic N) is 1. The molecule has 2 N–H and O–H groups in total. The third-order valence-electron chi connectivity index (χ3n) is 3.02. The van der Waals surface area contributed by atoms with Gasteiger partial charge in [0.15, 0.2) is 5.58 Å². The normalized spacial score (nSPS) is 11.8. The molecule has 0 atom stereocenters. The maximum atomic E-state index is 11.7. The van der Waals surface area contributed by atoms with E-state index in [4.69, 9.17) is 10.2 Å². The highest BCUT2D eigenvalue weighted by Gasteiger charge is 2.12. The van der Waals surface area contributed by atoms with E-state index < -0.39 is 5.91 Å². The molecule has 3 rings (SSSR count). The Morgan fingerprint density at radius 1 is 1.09 bits per heavy atom. The van der Waals surface area contributed by atoms with E-state index in [1.54, 1.807) is 6.07 Å². The topological polar surface area (TPSA) is 68.6 Å². The van der Waals surface area contributed by atoms with Crippen LogP contribution < -0.4 is 11.3 Å². The predicted molar refractivity (Wildman–Crippen MR) is 91.8 cm³/mol. The SMILES string of the molecule is NC(=O)c1cc2cc(Br)cc(Br)c2oc1=Nc1ccccc1. The van der Waals surface area contributed by atoms with Crippen LogP contribution in [0.4, 0.5) is 5.69 Å². The van der Waals surface area contributed by atoms with Gasteiger partial charge in [-0.15, -0.1) is 0 Å². The minimum absolute atomic E-state index is 0.189. The van der Waals surface area contributed by atoms with Crippen molar-refractivity contribution in [3.8, 4) is 0 Å². The van der Waals surface area contributed by atoms with E-state index in [1.807, 2.05) is 42.5 Å². The molecule has 0 radical (unpaired) electrons. The highest BCUT2D eigenvalue weighted by Crippen LogP contribution is 2.28. The number of hydrogen-bond acceptors (Lipinski definition) is 3. The maximum Gasteiger partial charge on any atom is 0.254 e. The van der Waals surface area contributed by atoms with Crippen LogP contribution in [0.3, 0.4) is 0 Å². The van der Waals surface area contributed by atoms with Crippen molar-refractivity contribution in [2.24, 2.45) is 10.7 Å². The lowest BCUT2D eigenvalue weighted by Crippen LogP contribution is -2.21. The van der Waals surface area contributed by atoms with Crippen LogP contribution in [0, 0.1) is 0 Å². The van der Waals surface area contributed by atoms with E-state index in [1.165, 1.54) is 0 Å². The zero-order valence-corrected chi connectivity index (χ0v) is 14.4. The molecule has 0 aliphatic carbocycles. The standard InChI is InChI=1S/C16H10Br2N2O2/c17-10-6-9-7-12(15(19)21)16(22-14(9)13(18)8-10)20-11-4-2-1-3-5-11/h1-8H,(H2,19,21). The van der Waals surface area contributed by atoms with E-state index in [0.717, 1.165) is 14.3 Å². The van der Waals surface area contributed by atoms with Crippen LogP contribution in [0.15, 0.2) is 66.9 Å². The quantitative estimate of drug-likeness (QED) is 0.670. The van der Waals surface area contributed by atoms with Crippen LogP contribution >= 0.6 is 31.9 Å². The first-order chi connectivity index (χ1) is 10.5. The van der Waals surface area contributed by atoms with E-state index in [2.05, 4.69) is 36.9 Å². The van der Waals surface area contributed by atoms with Crippen molar-refractivity contribution >= 4 is 54.4 Å². The molecule has 6 heteroatoms. The lowest BCUT2D eigenvalue weighted by Gasteiger charge is -2.04. The Bertz CT molecular complexity index is 934. The molecule has 110 valence electrons. The summed E-state index contributed by atoms with van der Waals surface area (Å²) in [6.07, 6.45) is 0. The Kier molecular flexibility index (Phi) is 4.13. The van der Waals surface area contributed by atoms with Crippen LogP contribution in [0.1, 0.15) is 10.4 Å². The van der Waals surface area contributed by atoms with Crippen molar-refractivity contribution in [2.45, 2.75) is 0 Å². The Hall–Kier alpha value is -1.92. The minimum atomic E-state index is -0.587. The Morgan fingerprint density at radius 2 is 1.82 bits per heavy atom. The first kappa shape index (κ1) is 15.0. The second kappa shape index (κ2) is 6.06. The number of benzene rings is 2. The first-order valence-corrected chi connectivity index (χ1v) is 7.95. The van der Waals surface area contributed by atoms with Crippen LogP contribution in [-0.4, -0.2) is 5.91 Å². The third-order valence-corrected chi connectivity index (χ3v) is 4.07. The number of carbonyl (C=O) groups excluding carboxylic acids is 1. The fourth-order valence-electron chi connectivity index (χ4n) is 2.04. The number of halogens is 2. The largest absolute Gasteiger partial charge is 0.436 e. The lowest BCUT2D eigenvalue weighted by molar-refractivity contribution is 0.0996. The fraction of sp³-hybridized carbons (Fsp3) is 0. The van der Waals surface area contributed by atoms with Crippen molar-refractivity contribution in [3.63, 3.8) is 0 Å². The van der Waals surface area contributed by atoms with E-state index >= 15 is 0 Å². The summed E-state index contributed by atoms with van der Waals surface area (Å²) in [6, 6.07) is 14.6. The summed E-state index contributed by atoms with van der Waals surface area (Å²) in [5, 5.41) is 0.752. The molecule has 1 heterocycles. The first-order valence-electron chi connectivity index (χ1n) is 6.37. The van der Waals surface area contributed by atoms with Gasteiger partial charge in [-0.3, -0.25) is 4.79 Å². The zero-order chi connectivity index (χ0) is 15.7. The zero-order valence-electron chi connectivity index (χ0n) is 11.2. The Morgan fingerprint density at radius 3 is 2.50 bits per heavy atom. The molecular weight excluding hydrogens is 412 g/mol. The van der Waals surface area contributed by atoms with Crippen molar-refractivity contribution in [3.05, 3.63) is 68.6 Å². The van der Waals surface area contributed by atoms with Gasteiger partial charge in [-0.05, 0) is 46.3 Å². The molecule has 1 amide bonds. The summed E-state index contributed by atoms with van der Waals surface area (Å²) in [6.45, 7) is 0. The average molecular weight is 422 g/mol. The second-order valence-corrected chi connectivity index (χ2v) is 6.35. The summed E-state index contributed by atoms with van der Waals surface area (Å²) < 4.78 is 7.44. The monoisotopic (exact) mass is 420 g/mol. The molecule has 0 aliphatic rings. The van der Waals surface area contributed by atoms with Gasteiger partial charge in [-0.25, -0.2) is 4.99 Å². The van der Waals surface area contributed by atoms with Crippen molar-refractivity contribution < 1.29 is 9.21 Å². The molecule has 0 saturated heterocycles. The number of nitrogens with two attached hydrogens (primary N) is 1. The molecule has 0 aliphatic heterocycles. The molecule has 1 aromatic heterocycles. The number of fused-ring (bicyclic) bond motifs is 1. The average Bonchev–Trinajstić information content (AvgIpc) is 2.48. The van der Waals surface area contributed by atoms with Crippen LogP contribution in [0.25, 0.3) is 11.0 Å². The summed E-state index contributed by atoms with van der Waals surface area (Å²) in [5.74, 6) is -0.587. The van der Waals surface area contributed by atoms with Gasteiger partial charge in [0.2, 0.25) is 5.55 Å². The summed E-state index contributed by atoms with van der Waals surface area (Å²) in [7, 11) is 0. The predicted octanol–water partition coefficient (Wildman–Crippen LogP) is 4.29. The highest BCUT2D eigenvalue weighted by atomic mass is 79.9. The van der Waals surface area contributed by atoms with Crippen LogP contribution in [0.5, 0.6) is 0 Å². The minimum Gasteiger partial charge on any atom is -0.436 e. The third kappa shape index (κ3) is 2.98. The second-order valence-electron chi connectivity index (χ2n) is 4.58. The molecule has 4 nitrogen and oxygen atoms in total. The van der Waals surface area contributed by atoms with E-state index in [-0.39, 0.29) is 11.1 Å². The molecule has 22 heavy (non-hydrogen) atoms. The molecule has 0 spiro atoms. The number of primary amides is 1. The van der Waals surface area contributed by atoms with E-state index in [9.17, 15) is 4.79 Å². The van der Waals surface area contributed by atoms with Crippen LogP contribution in [0.2, 0.25) is 0 Å². The summed E-state index contributed by atoms with van der Waals surface area (Å²) in [4.78, 5) is 16.1. The molecule has 0 bridgehead atoms. The number of carbonyl (C=O) groups is 1. The van der Waals surface area contributed by atoms with Gasteiger partial charge in [0.25, 0.3) is 5.91 Å². The highest BCUT2D eigenvalue weighted by molar-refractivity contribution is 9.11. The molecule has 0 unspecified atom stereocenters. The van der Waals surface area contributed by atoms with Gasteiger partial charge in [0.1, 0.15) is 5.56 Å². The van der Waals surface area contributed by atoms with Gasteiger partial charge in [0.05, 0.1) is 10.2 Å². The summed E-state index contributed by atoms with van der Waals surface area (Å²) >= 11 is 6.85. The molecule has 0 fully saturated rings. The maximum absolute atomic E-state index is 11.7. The van der Waals surface area contributed by atoms with Gasteiger partial charge >= 0.3 is 0 Å². The van der Waals surface area contributed by atoms with Crippen molar-refractivity contribution in [1.82, 2.24) is 0 Å². The number of para-hydroxylation sites is 1. The molecular formula is C16H10Br2N2O2. The Balaban J connectivity index is 2.35. The number of hydrogen-bond donors (Lipinski definition) is 1. The van der Waals surface area contributed by atoms with E-state index in [0.29, 0.717) is 11.3 Å². The van der Waals surface area contributed by atoms with Gasteiger partial charge in [-0.1, -0.05) is 34.1 Å². The van der Waals surface area contributed by atoms with Crippen LogP contribution in [-0.2, 0) is 0 Å². The number of rotatable bonds is 2.